The first-order valence-electron chi connectivity index (χ1n) is 12.7. The van der Waals surface area contributed by atoms with E-state index in [1.807, 2.05) is 17.8 Å². The maximum atomic E-state index is 6.06. The maximum Gasteiger partial charge on any atom is 0.178 e. The molecule has 3 aromatic heterocycles. The van der Waals surface area contributed by atoms with Crippen molar-refractivity contribution in [2.24, 2.45) is 0 Å². The molecule has 1 atom stereocenters. The number of fused-ring (bicyclic) bond motifs is 3. The molecule has 0 bridgehead atoms. The standard InChI is InChI=1S/C26H38N8O/c1-17(2)34-25(28-19(4)30-34)22-16-32-12-13-35-23-15-27-21(14-20(23)24(32)29-22)18(3)31-8-10-33(11-9-31)26(5,6)7/h14-18H,8-13H2,1-7H3. The van der Waals surface area contributed by atoms with Crippen LogP contribution in [0.5, 0.6) is 5.75 Å². The minimum atomic E-state index is 0.207. The molecule has 2 aliphatic rings. The Hall–Kier alpha value is -2.78. The first kappa shape index (κ1) is 23.9. The summed E-state index contributed by atoms with van der Waals surface area (Å²) in [6, 6.07) is 2.60. The van der Waals surface area contributed by atoms with Crippen molar-refractivity contribution in [2.45, 2.75) is 72.6 Å². The molecule has 0 aromatic carbocycles. The van der Waals surface area contributed by atoms with Crippen LogP contribution in [-0.2, 0) is 6.54 Å². The van der Waals surface area contributed by atoms with Crippen LogP contribution in [-0.4, -0.2) is 77.4 Å². The lowest BCUT2D eigenvalue weighted by atomic mass is 10.0. The smallest absolute Gasteiger partial charge is 0.178 e. The SMILES string of the molecule is Cc1nc(-c2cn3c(n2)-c2cc(C(C)N4CCN(C(C)(C)C)CC4)ncc2OCC3)n(C(C)C)n1. The zero-order valence-corrected chi connectivity index (χ0v) is 22.1. The Kier molecular flexibility index (Phi) is 6.17. The van der Waals surface area contributed by atoms with Gasteiger partial charge in [-0.3, -0.25) is 14.8 Å². The first-order chi connectivity index (χ1) is 16.6. The Morgan fingerprint density at radius 2 is 1.71 bits per heavy atom. The number of nitrogens with zero attached hydrogens (tertiary/aromatic N) is 8. The van der Waals surface area contributed by atoms with E-state index < -0.39 is 0 Å². The lowest BCUT2D eigenvalue weighted by molar-refractivity contribution is 0.0445. The Labute approximate surface area is 208 Å². The van der Waals surface area contributed by atoms with Crippen molar-refractivity contribution in [3.8, 4) is 28.7 Å². The summed E-state index contributed by atoms with van der Waals surface area (Å²) in [6.45, 7) is 20.8. The maximum absolute atomic E-state index is 6.06. The Bertz CT molecular complexity index is 1200. The van der Waals surface area contributed by atoms with Crippen molar-refractivity contribution in [1.82, 2.24) is 39.1 Å². The zero-order valence-electron chi connectivity index (χ0n) is 22.1. The highest BCUT2D eigenvalue weighted by molar-refractivity contribution is 5.68. The molecule has 2 aliphatic heterocycles. The van der Waals surface area contributed by atoms with Gasteiger partial charge in [-0.2, -0.15) is 5.10 Å². The van der Waals surface area contributed by atoms with Gasteiger partial charge in [0.15, 0.2) is 5.82 Å². The highest BCUT2D eigenvalue weighted by Crippen LogP contribution is 2.36. The molecule has 5 rings (SSSR count). The molecule has 0 aliphatic carbocycles. The molecule has 9 heteroatoms. The van der Waals surface area contributed by atoms with E-state index in [0.29, 0.717) is 6.61 Å². The van der Waals surface area contributed by atoms with E-state index >= 15 is 0 Å². The van der Waals surface area contributed by atoms with Gasteiger partial charge in [0.25, 0.3) is 0 Å². The topological polar surface area (TPSA) is 77.1 Å². The van der Waals surface area contributed by atoms with Crippen LogP contribution >= 0.6 is 0 Å². The summed E-state index contributed by atoms with van der Waals surface area (Å²) in [5.74, 6) is 3.25. The summed E-state index contributed by atoms with van der Waals surface area (Å²) >= 11 is 0. The lowest BCUT2D eigenvalue weighted by Gasteiger charge is -2.43. The molecular formula is C26H38N8O. The minimum absolute atomic E-state index is 0.207. The lowest BCUT2D eigenvalue weighted by Crippen LogP contribution is -2.53. The molecule has 1 fully saturated rings. The quantitative estimate of drug-likeness (QED) is 0.562. The monoisotopic (exact) mass is 478 g/mol. The Morgan fingerprint density at radius 3 is 2.40 bits per heavy atom. The van der Waals surface area contributed by atoms with E-state index in [-0.39, 0.29) is 17.6 Å². The highest BCUT2D eigenvalue weighted by Gasteiger charge is 2.30. The average Bonchev–Trinajstić information content (AvgIpc) is 3.38. The van der Waals surface area contributed by atoms with Gasteiger partial charge in [-0.25, -0.2) is 14.6 Å². The molecule has 0 spiro atoms. The van der Waals surface area contributed by atoms with Crippen LogP contribution in [0.15, 0.2) is 18.5 Å². The number of imidazole rings is 1. The number of aromatic nitrogens is 6. The fourth-order valence-electron chi connectivity index (χ4n) is 5.07. The normalized spacial score (nSPS) is 18.2. The highest BCUT2D eigenvalue weighted by atomic mass is 16.5. The second-order valence-electron chi connectivity index (χ2n) is 11.0. The number of hydrogen-bond acceptors (Lipinski definition) is 7. The van der Waals surface area contributed by atoms with Crippen molar-refractivity contribution < 1.29 is 4.74 Å². The van der Waals surface area contributed by atoms with E-state index in [0.717, 1.165) is 72.9 Å². The average molecular weight is 479 g/mol. The molecule has 0 saturated carbocycles. The van der Waals surface area contributed by atoms with Crippen molar-refractivity contribution >= 4 is 0 Å². The predicted octanol–water partition coefficient (Wildman–Crippen LogP) is 3.96. The molecule has 5 heterocycles. The predicted molar refractivity (Wildman–Crippen MR) is 136 cm³/mol. The number of rotatable bonds is 4. The van der Waals surface area contributed by atoms with Crippen molar-refractivity contribution in [3.63, 3.8) is 0 Å². The van der Waals surface area contributed by atoms with Gasteiger partial charge in [0, 0.05) is 50.0 Å². The molecule has 0 radical (unpaired) electrons. The number of pyridine rings is 1. The third-order valence-electron chi connectivity index (χ3n) is 7.19. The number of piperazine rings is 1. The summed E-state index contributed by atoms with van der Waals surface area (Å²) in [5.41, 5.74) is 3.09. The fourth-order valence-corrected chi connectivity index (χ4v) is 5.07. The van der Waals surface area contributed by atoms with Crippen LogP contribution in [0, 0.1) is 6.92 Å². The number of ether oxygens (including phenoxy) is 1. The second kappa shape index (κ2) is 9.02. The zero-order chi connectivity index (χ0) is 24.9. The molecule has 9 nitrogen and oxygen atoms in total. The third kappa shape index (κ3) is 4.59. The van der Waals surface area contributed by atoms with Crippen LogP contribution < -0.4 is 4.74 Å². The second-order valence-corrected chi connectivity index (χ2v) is 11.0. The minimum Gasteiger partial charge on any atom is -0.489 e. The summed E-state index contributed by atoms with van der Waals surface area (Å²) in [6.07, 6.45) is 3.95. The van der Waals surface area contributed by atoms with E-state index in [9.17, 15) is 0 Å². The van der Waals surface area contributed by atoms with Crippen LogP contribution in [0.4, 0.5) is 0 Å². The number of aryl methyl sites for hydroxylation is 1. The van der Waals surface area contributed by atoms with Crippen LogP contribution in [0.2, 0.25) is 0 Å². The summed E-state index contributed by atoms with van der Waals surface area (Å²) in [7, 11) is 0. The first-order valence-corrected chi connectivity index (χ1v) is 12.7. The van der Waals surface area contributed by atoms with E-state index in [1.54, 1.807) is 0 Å². The summed E-state index contributed by atoms with van der Waals surface area (Å²) in [5, 5.41) is 4.58. The molecule has 1 saturated heterocycles. The Morgan fingerprint density at radius 1 is 0.971 bits per heavy atom. The Balaban J connectivity index is 1.45. The van der Waals surface area contributed by atoms with Gasteiger partial charge in [-0.15, -0.1) is 0 Å². The molecular weight excluding hydrogens is 440 g/mol. The van der Waals surface area contributed by atoms with Crippen LogP contribution in [0.25, 0.3) is 22.9 Å². The van der Waals surface area contributed by atoms with Gasteiger partial charge in [-0.05, 0) is 54.5 Å². The molecule has 0 amide bonds. The largest absolute Gasteiger partial charge is 0.489 e. The summed E-state index contributed by atoms with van der Waals surface area (Å²) in [4.78, 5) is 19.6. The number of hydrogen-bond donors (Lipinski definition) is 0. The van der Waals surface area contributed by atoms with Crippen LogP contribution in [0.3, 0.4) is 0 Å². The third-order valence-corrected chi connectivity index (χ3v) is 7.19. The van der Waals surface area contributed by atoms with Gasteiger partial charge in [0.2, 0.25) is 0 Å². The van der Waals surface area contributed by atoms with Crippen molar-refractivity contribution in [1.29, 1.82) is 0 Å². The van der Waals surface area contributed by atoms with Crippen LogP contribution in [0.1, 0.15) is 65.1 Å². The van der Waals surface area contributed by atoms with E-state index in [4.69, 9.17) is 14.7 Å². The molecule has 1 unspecified atom stereocenters. The molecule has 0 N–H and O–H groups in total. The van der Waals surface area contributed by atoms with Crippen molar-refractivity contribution in [2.75, 3.05) is 32.8 Å². The van der Waals surface area contributed by atoms with Gasteiger partial charge in [-0.1, -0.05) is 0 Å². The van der Waals surface area contributed by atoms with Gasteiger partial charge < -0.3 is 9.30 Å². The molecule has 188 valence electrons. The van der Waals surface area contributed by atoms with Gasteiger partial charge in [0.1, 0.15) is 29.7 Å². The van der Waals surface area contributed by atoms with Crippen molar-refractivity contribution in [3.05, 3.63) is 30.0 Å². The molecule has 35 heavy (non-hydrogen) atoms. The van der Waals surface area contributed by atoms with E-state index in [1.165, 1.54) is 0 Å². The molecule has 3 aromatic rings. The van der Waals surface area contributed by atoms with Gasteiger partial charge in [0.05, 0.1) is 24.0 Å². The summed E-state index contributed by atoms with van der Waals surface area (Å²) < 4.78 is 10.2. The van der Waals surface area contributed by atoms with Gasteiger partial charge >= 0.3 is 0 Å². The van der Waals surface area contributed by atoms with E-state index in [2.05, 4.69) is 78.3 Å². The fraction of sp³-hybridized carbons (Fsp3) is 0.615.